The Labute approximate surface area is 150 Å². The van der Waals surface area contributed by atoms with E-state index in [2.05, 4.69) is 32.9 Å². The van der Waals surface area contributed by atoms with Gasteiger partial charge in [-0.25, -0.2) is 4.98 Å². The van der Waals surface area contributed by atoms with Crippen LogP contribution in [0.2, 0.25) is 0 Å². The molecule has 0 amide bonds. The summed E-state index contributed by atoms with van der Waals surface area (Å²) in [6.07, 6.45) is 5.01. The molecule has 0 atom stereocenters. The summed E-state index contributed by atoms with van der Waals surface area (Å²) >= 11 is 0. The molecule has 128 valence electrons. The van der Waals surface area contributed by atoms with E-state index in [0.717, 1.165) is 29.8 Å². The molecule has 7 nitrogen and oxygen atoms in total. The zero-order valence-corrected chi connectivity index (χ0v) is 14.3. The largest absolute Gasteiger partial charge is 0.379 e. The quantitative estimate of drug-likeness (QED) is 0.752. The van der Waals surface area contributed by atoms with Gasteiger partial charge in [-0.1, -0.05) is 6.07 Å². The second-order valence-corrected chi connectivity index (χ2v) is 6.47. The first-order valence-corrected chi connectivity index (χ1v) is 8.51. The summed E-state index contributed by atoms with van der Waals surface area (Å²) in [6, 6.07) is 12.1. The standard InChI is InChI=1S/C19H17N7/c1-12-5-6-13(9-20)7-16(12)24-18-8-17(23-14-3-2-4-14)19-22-11-15(10-21)26(19)25-18/h5-8,11,14,23H,2-4H2,1H3,(H,24,25). The highest BCUT2D eigenvalue weighted by atomic mass is 15.3. The van der Waals surface area contributed by atoms with Crippen LogP contribution in [0.4, 0.5) is 17.2 Å². The van der Waals surface area contributed by atoms with Crippen LogP contribution in [0.1, 0.15) is 36.1 Å². The molecule has 0 aliphatic heterocycles. The van der Waals surface area contributed by atoms with Crippen molar-refractivity contribution in [1.29, 1.82) is 10.5 Å². The molecule has 0 radical (unpaired) electrons. The number of fused-ring (bicyclic) bond motifs is 1. The molecule has 26 heavy (non-hydrogen) atoms. The molecule has 0 unspecified atom stereocenters. The van der Waals surface area contributed by atoms with Gasteiger partial charge in [-0.2, -0.15) is 15.0 Å². The van der Waals surface area contributed by atoms with Crippen LogP contribution in [0.5, 0.6) is 0 Å². The average molecular weight is 343 g/mol. The number of anilines is 3. The first-order valence-electron chi connectivity index (χ1n) is 8.51. The fraction of sp³-hybridized carbons (Fsp3) is 0.263. The topological polar surface area (TPSA) is 102 Å². The Kier molecular flexibility index (Phi) is 3.91. The Hall–Kier alpha value is -3.58. The van der Waals surface area contributed by atoms with Crippen LogP contribution in [0.15, 0.2) is 30.5 Å². The fourth-order valence-corrected chi connectivity index (χ4v) is 2.95. The van der Waals surface area contributed by atoms with E-state index in [-0.39, 0.29) is 0 Å². The molecule has 2 N–H and O–H groups in total. The molecule has 0 bridgehead atoms. The lowest BCUT2D eigenvalue weighted by molar-refractivity contribution is 0.445. The normalized spacial score (nSPS) is 13.7. The van der Waals surface area contributed by atoms with Gasteiger partial charge in [0.1, 0.15) is 6.07 Å². The highest BCUT2D eigenvalue weighted by Crippen LogP contribution is 2.29. The molecule has 1 aliphatic carbocycles. The van der Waals surface area contributed by atoms with E-state index in [1.54, 1.807) is 16.6 Å². The second-order valence-electron chi connectivity index (χ2n) is 6.47. The third kappa shape index (κ3) is 2.80. The first-order chi connectivity index (χ1) is 12.7. The smallest absolute Gasteiger partial charge is 0.178 e. The number of benzene rings is 1. The van der Waals surface area contributed by atoms with Crippen LogP contribution >= 0.6 is 0 Å². The molecule has 1 fully saturated rings. The summed E-state index contributed by atoms with van der Waals surface area (Å²) in [6.45, 7) is 1.97. The van der Waals surface area contributed by atoms with Crippen LogP contribution in [-0.4, -0.2) is 20.6 Å². The minimum Gasteiger partial charge on any atom is -0.379 e. The van der Waals surface area contributed by atoms with E-state index in [0.29, 0.717) is 28.8 Å². The van der Waals surface area contributed by atoms with E-state index in [4.69, 9.17) is 5.26 Å². The van der Waals surface area contributed by atoms with Gasteiger partial charge in [-0.05, 0) is 43.9 Å². The van der Waals surface area contributed by atoms with E-state index >= 15 is 0 Å². The van der Waals surface area contributed by atoms with Gasteiger partial charge in [0.15, 0.2) is 17.2 Å². The van der Waals surface area contributed by atoms with Crippen molar-refractivity contribution in [1.82, 2.24) is 14.6 Å². The van der Waals surface area contributed by atoms with Crippen molar-refractivity contribution >= 4 is 22.8 Å². The summed E-state index contributed by atoms with van der Waals surface area (Å²) in [5.74, 6) is 0.590. The molecular weight excluding hydrogens is 326 g/mol. The molecular formula is C19H17N7. The van der Waals surface area contributed by atoms with Gasteiger partial charge < -0.3 is 10.6 Å². The SMILES string of the molecule is Cc1ccc(C#N)cc1Nc1cc(NC2CCC2)c2ncc(C#N)n2n1. The maximum atomic E-state index is 9.32. The number of nitrogens with one attached hydrogen (secondary N) is 2. The molecule has 3 aromatic rings. The highest BCUT2D eigenvalue weighted by molar-refractivity contribution is 5.74. The summed E-state index contributed by atoms with van der Waals surface area (Å²) in [4.78, 5) is 4.34. The molecule has 0 spiro atoms. The lowest BCUT2D eigenvalue weighted by Crippen LogP contribution is -2.27. The fourth-order valence-electron chi connectivity index (χ4n) is 2.95. The van der Waals surface area contributed by atoms with Crippen molar-refractivity contribution in [2.24, 2.45) is 0 Å². The highest BCUT2D eigenvalue weighted by Gasteiger charge is 2.20. The van der Waals surface area contributed by atoms with Gasteiger partial charge in [-0.15, -0.1) is 5.10 Å². The number of rotatable bonds is 4. The van der Waals surface area contributed by atoms with Crippen molar-refractivity contribution < 1.29 is 0 Å². The van der Waals surface area contributed by atoms with Gasteiger partial charge >= 0.3 is 0 Å². The van der Waals surface area contributed by atoms with Crippen molar-refractivity contribution in [3.8, 4) is 12.1 Å². The predicted molar refractivity (Wildman–Crippen MR) is 98.1 cm³/mol. The lowest BCUT2D eigenvalue weighted by Gasteiger charge is -2.27. The Balaban J connectivity index is 1.77. The van der Waals surface area contributed by atoms with Gasteiger partial charge in [0.25, 0.3) is 0 Å². The van der Waals surface area contributed by atoms with Crippen LogP contribution < -0.4 is 10.6 Å². The second kappa shape index (κ2) is 6.38. The van der Waals surface area contributed by atoms with E-state index < -0.39 is 0 Å². The van der Waals surface area contributed by atoms with E-state index in [1.165, 1.54) is 12.6 Å². The third-order valence-electron chi connectivity index (χ3n) is 4.68. The van der Waals surface area contributed by atoms with Crippen molar-refractivity contribution in [3.63, 3.8) is 0 Å². The number of hydrogen-bond donors (Lipinski definition) is 2. The molecule has 4 rings (SSSR count). The van der Waals surface area contributed by atoms with Crippen molar-refractivity contribution in [2.45, 2.75) is 32.2 Å². The minimum absolute atomic E-state index is 0.378. The van der Waals surface area contributed by atoms with Gasteiger partial charge in [0, 0.05) is 17.8 Å². The zero-order valence-electron chi connectivity index (χ0n) is 14.3. The number of hydrogen-bond acceptors (Lipinski definition) is 6. The molecule has 2 aromatic heterocycles. The summed E-state index contributed by atoms with van der Waals surface area (Å²) in [7, 11) is 0. The number of nitrogens with zero attached hydrogens (tertiary/aromatic N) is 5. The van der Waals surface area contributed by atoms with E-state index in [9.17, 15) is 5.26 Å². The van der Waals surface area contributed by atoms with Crippen molar-refractivity contribution in [3.05, 3.63) is 47.3 Å². The van der Waals surface area contributed by atoms with Gasteiger partial charge in [0.2, 0.25) is 0 Å². The van der Waals surface area contributed by atoms with Crippen LogP contribution in [0.25, 0.3) is 5.65 Å². The Morgan fingerprint density at radius 2 is 2.00 bits per heavy atom. The third-order valence-corrected chi connectivity index (χ3v) is 4.68. The average Bonchev–Trinajstić information content (AvgIpc) is 3.03. The molecule has 0 saturated heterocycles. The summed E-state index contributed by atoms with van der Waals surface area (Å²) < 4.78 is 1.55. The number of aryl methyl sites for hydroxylation is 1. The zero-order chi connectivity index (χ0) is 18.1. The van der Waals surface area contributed by atoms with Crippen LogP contribution in [0, 0.1) is 29.6 Å². The molecule has 1 aliphatic rings. The van der Waals surface area contributed by atoms with Gasteiger partial charge in [-0.3, -0.25) is 0 Å². The maximum Gasteiger partial charge on any atom is 0.178 e. The molecule has 1 saturated carbocycles. The number of imidazole rings is 1. The minimum atomic E-state index is 0.378. The van der Waals surface area contributed by atoms with Crippen molar-refractivity contribution in [2.75, 3.05) is 10.6 Å². The van der Waals surface area contributed by atoms with E-state index in [1.807, 2.05) is 19.1 Å². The Morgan fingerprint density at radius 1 is 1.15 bits per heavy atom. The molecule has 7 heteroatoms. The maximum absolute atomic E-state index is 9.32. The van der Waals surface area contributed by atoms with Crippen LogP contribution in [-0.2, 0) is 0 Å². The number of nitriles is 2. The Morgan fingerprint density at radius 3 is 2.69 bits per heavy atom. The predicted octanol–water partition coefficient (Wildman–Crippen LogP) is 3.49. The molecule has 2 heterocycles. The monoisotopic (exact) mass is 343 g/mol. The Bertz CT molecular complexity index is 1060. The summed E-state index contributed by atoms with van der Waals surface area (Å²) in [5, 5.41) is 29.7. The van der Waals surface area contributed by atoms with Crippen LogP contribution in [0.3, 0.4) is 0 Å². The lowest BCUT2D eigenvalue weighted by atomic mass is 9.93. The number of aromatic nitrogens is 3. The molecule has 1 aromatic carbocycles. The van der Waals surface area contributed by atoms with Gasteiger partial charge in [0.05, 0.1) is 23.5 Å². The summed E-state index contributed by atoms with van der Waals surface area (Å²) in [5.41, 5.74) is 4.26. The first kappa shape index (κ1) is 15.9.